The average Bonchev–Trinajstić information content (AvgIpc) is 1.89. The Morgan fingerprint density at radius 1 is 0.909 bits per heavy atom. The molecular formula is C9H21Na2. The predicted molar refractivity (Wildman–Crippen MR) is 57.6 cm³/mol. The van der Waals surface area contributed by atoms with Crippen LogP contribution in [0.5, 0.6) is 0 Å². The van der Waals surface area contributed by atoms with Crippen LogP contribution in [0.15, 0.2) is 0 Å². The van der Waals surface area contributed by atoms with Crippen LogP contribution < -0.4 is 0 Å². The van der Waals surface area contributed by atoms with Crippen LogP contribution in [0.4, 0.5) is 0 Å². The molecule has 0 aromatic heterocycles. The molecule has 2 heteroatoms. The average molecular weight is 175 g/mol. The summed E-state index contributed by atoms with van der Waals surface area (Å²) in [6.45, 7) is 4.39. The van der Waals surface area contributed by atoms with Gasteiger partial charge < -0.3 is 0 Å². The van der Waals surface area contributed by atoms with E-state index in [9.17, 15) is 0 Å². The molecule has 0 nitrogen and oxygen atoms in total. The van der Waals surface area contributed by atoms with Gasteiger partial charge in [0.05, 0.1) is 0 Å². The van der Waals surface area contributed by atoms with Crippen molar-refractivity contribution >= 4 is 59.1 Å². The molecule has 0 aliphatic carbocycles. The Morgan fingerprint density at radius 2 is 1.45 bits per heavy atom. The summed E-state index contributed by atoms with van der Waals surface area (Å²) in [6, 6.07) is 0. The molecule has 0 aliphatic rings. The monoisotopic (exact) mass is 175 g/mol. The standard InChI is InChI=1S/C9H19.2Na.2H/c1-3-5-7-9-8-6-4-2;;;;/h3H,4-9H2,1-2H3;;;;. The molecule has 0 heterocycles. The van der Waals surface area contributed by atoms with Crippen LogP contribution in [0.1, 0.15) is 52.4 Å². The summed E-state index contributed by atoms with van der Waals surface area (Å²) in [5, 5.41) is 0. The molecule has 1 radical (unpaired) electrons. The third-order valence-corrected chi connectivity index (χ3v) is 1.60. The first-order chi connectivity index (χ1) is 4.41. The first-order valence-corrected chi connectivity index (χ1v) is 4.19. The van der Waals surface area contributed by atoms with Gasteiger partial charge in [-0.3, -0.25) is 0 Å². The van der Waals surface area contributed by atoms with E-state index < -0.39 is 0 Å². The van der Waals surface area contributed by atoms with Crippen LogP contribution in [0, 0.1) is 6.42 Å². The topological polar surface area (TPSA) is 0 Å². The fourth-order valence-electron chi connectivity index (χ4n) is 0.952. The second-order valence-electron chi connectivity index (χ2n) is 2.61. The second-order valence-corrected chi connectivity index (χ2v) is 2.61. The van der Waals surface area contributed by atoms with Gasteiger partial charge in [-0.05, 0) is 6.42 Å². The van der Waals surface area contributed by atoms with Gasteiger partial charge >= 0.3 is 59.1 Å². The molecule has 0 unspecified atom stereocenters. The summed E-state index contributed by atoms with van der Waals surface area (Å²) in [5.41, 5.74) is 0. The Hall–Kier alpha value is 2.00. The third kappa shape index (κ3) is 18.8. The van der Waals surface area contributed by atoms with Gasteiger partial charge in [-0.1, -0.05) is 52.4 Å². The van der Waals surface area contributed by atoms with Gasteiger partial charge in [-0.2, -0.15) is 0 Å². The third-order valence-electron chi connectivity index (χ3n) is 1.60. The van der Waals surface area contributed by atoms with Gasteiger partial charge in [0, 0.05) is 0 Å². The number of rotatable bonds is 6. The first-order valence-electron chi connectivity index (χ1n) is 4.19. The molecule has 0 rings (SSSR count). The molecule has 0 amide bonds. The van der Waals surface area contributed by atoms with E-state index in [1.165, 1.54) is 38.5 Å². The van der Waals surface area contributed by atoms with Gasteiger partial charge in [0.1, 0.15) is 0 Å². The molecule has 0 aromatic rings. The fraction of sp³-hybridized carbons (Fsp3) is 0.889. The van der Waals surface area contributed by atoms with Crippen molar-refractivity contribution in [3.63, 3.8) is 0 Å². The molecule has 0 saturated carbocycles. The zero-order valence-electron chi connectivity index (χ0n) is 6.82. The van der Waals surface area contributed by atoms with E-state index in [1.807, 2.05) is 0 Å². The van der Waals surface area contributed by atoms with Crippen LogP contribution >= 0.6 is 0 Å². The van der Waals surface area contributed by atoms with Gasteiger partial charge in [-0.25, -0.2) is 0 Å². The summed E-state index contributed by atoms with van der Waals surface area (Å²) < 4.78 is 0. The Morgan fingerprint density at radius 3 is 1.91 bits per heavy atom. The summed E-state index contributed by atoms with van der Waals surface area (Å²) >= 11 is 0. The van der Waals surface area contributed by atoms with Crippen LogP contribution in [0.25, 0.3) is 0 Å². The van der Waals surface area contributed by atoms with Crippen molar-refractivity contribution in [1.29, 1.82) is 0 Å². The number of hydrogen-bond donors (Lipinski definition) is 0. The SMILES string of the molecule is C[CH]CCCCCCC.[NaH].[NaH]. The van der Waals surface area contributed by atoms with Crippen molar-refractivity contribution < 1.29 is 0 Å². The van der Waals surface area contributed by atoms with Gasteiger partial charge in [-0.15, -0.1) is 0 Å². The van der Waals surface area contributed by atoms with Gasteiger partial charge in [0.15, 0.2) is 0 Å². The van der Waals surface area contributed by atoms with Crippen molar-refractivity contribution in [1.82, 2.24) is 0 Å². The summed E-state index contributed by atoms with van der Waals surface area (Å²) in [4.78, 5) is 0. The van der Waals surface area contributed by atoms with Crippen molar-refractivity contribution in [2.24, 2.45) is 0 Å². The predicted octanol–water partition coefficient (Wildman–Crippen LogP) is 2.27. The minimum atomic E-state index is 0. The number of hydrogen-bond acceptors (Lipinski definition) is 0. The Balaban J connectivity index is -0.000000320. The van der Waals surface area contributed by atoms with Crippen molar-refractivity contribution in [3.05, 3.63) is 6.42 Å². The summed E-state index contributed by atoms with van der Waals surface area (Å²) in [7, 11) is 0. The Bertz CT molecular complexity index is 40.8. The molecule has 11 heavy (non-hydrogen) atoms. The minimum absolute atomic E-state index is 0. The quantitative estimate of drug-likeness (QED) is 0.429. The molecule has 0 aromatic carbocycles. The molecule has 0 bridgehead atoms. The summed E-state index contributed by atoms with van der Waals surface area (Å²) in [6.07, 6.45) is 10.6. The van der Waals surface area contributed by atoms with Gasteiger partial charge in [0.25, 0.3) is 0 Å². The molecule has 0 atom stereocenters. The van der Waals surface area contributed by atoms with Gasteiger partial charge in [0.2, 0.25) is 0 Å². The molecule has 59 valence electrons. The van der Waals surface area contributed by atoms with E-state index in [4.69, 9.17) is 0 Å². The zero-order chi connectivity index (χ0) is 6.95. The zero-order valence-corrected chi connectivity index (χ0v) is 6.82. The van der Waals surface area contributed by atoms with E-state index in [-0.39, 0.29) is 59.1 Å². The van der Waals surface area contributed by atoms with Crippen LogP contribution in [0.2, 0.25) is 0 Å². The van der Waals surface area contributed by atoms with Crippen molar-refractivity contribution in [3.8, 4) is 0 Å². The van der Waals surface area contributed by atoms with Crippen LogP contribution in [-0.2, 0) is 0 Å². The van der Waals surface area contributed by atoms with E-state index in [0.717, 1.165) is 0 Å². The molecule has 0 fully saturated rings. The van der Waals surface area contributed by atoms with E-state index >= 15 is 0 Å². The Labute approximate surface area is 116 Å². The first kappa shape index (κ1) is 18.7. The molecule has 0 spiro atoms. The van der Waals surface area contributed by atoms with Crippen LogP contribution in [0.3, 0.4) is 0 Å². The van der Waals surface area contributed by atoms with Crippen LogP contribution in [-0.4, -0.2) is 59.1 Å². The van der Waals surface area contributed by atoms with E-state index in [1.54, 1.807) is 0 Å². The molecule has 0 aliphatic heterocycles. The Kier molecular flexibility index (Phi) is 30.5. The molecular weight excluding hydrogens is 154 g/mol. The van der Waals surface area contributed by atoms with E-state index in [2.05, 4.69) is 20.3 Å². The maximum atomic E-state index is 2.26. The second kappa shape index (κ2) is 17.9. The molecule has 0 N–H and O–H groups in total. The van der Waals surface area contributed by atoms with Crippen molar-refractivity contribution in [2.75, 3.05) is 0 Å². The molecule has 0 saturated heterocycles. The maximum absolute atomic E-state index is 2.26. The van der Waals surface area contributed by atoms with Crippen molar-refractivity contribution in [2.45, 2.75) is 52.4 Å². The summed E-state index contributed by atoms with van der Waals surface area (Å²) in [5.74, 6) is 0. The normalized spacial score (nSPS) is 8.18. The number of unbranched alkanes of at least 4 members (excludes halogenated alkanes) is 6. The fourth-order valence-corrected chi connectivity index (χ4v) is 0.952. The van der Waals surface area contributed by atoms with E-state index in [0.29, 0.717) is 0 Å².